The highest BCUT2D eigenvalue weighted by atomic mass is 35.5. The maximum atomic E-state index is 11.3. The number of carboxylic acid groups (broad SMARTS) is 1. The molecule has 5 rings (SSSR count). The quantitative estimate of drug-likeness (QED) is 0.238. The Balaban J connectivity index is 1.39. The van der Waals surface area contributed by atoms with E-state index in [1.165, 1.54) is 4.68 Å². The Bertz CT molecular complexity index is 1500. The summed E-state index contributed by atoms with van der Waals surface area (Å²) in [5.74, 6) is -0.141. The molecule has 1 aliphatic carbocycles. The Morgan fingerprint density at radius 1 is 1.08 bits per heavy atom. The van der Waals surface area contributed by atoms with Crippen LogP contribution < -0.4 is 4.74 Å². The van der Waals surface area contributed by atoms with Crippen molar-refractivity contribution in [3.8, 4) is 11.4 Å². The minimum absolute atomic E-state index is 0.0196. The number of hydrogen-bond donors (Lipinski definition) is 1. The minimum atomic E-state index is -1.18. The van der Waals surface area contributed by atoms with E-state index in [4.69, 9.17) is 40.9 Å². The van der Waals surface area contributed by atoms with E-state index < -0.39 is 12.6 Å². The van der Waals surface area contributed by atoms with Gasteiger partial charge < -0.3 is 9.84 Å². The van der Waals surface area contributed by atoms with Crippen molar-refractivity contribution in [1.29, 1.82) is 0 Å². The topological polar surface area (TPSA) is 77.2 Å². The Labute approximate surface area is 231 Å². The number of carboxylic acids is 1. The third-order valence-electron chi connectivity index (χ3n) is 6.46. The number of aromatic carboxylic acids is 1. The van der Waals surface area contributed by atoms with Crippen LogP contribution in [0, 0.1) is 0 Å². The average molecular weight is 558 g/mol. The first-order valence-electron chi connectivity index (χ1n) is 12.3. The fourth-order valence-corrected chi connectivity index (χ4v) is 5.36. The van der Waals surface area contributed by atoms with E-state index in [1.54, 1.807) is 48.5 Å². The Morgan fingerprint density at radius 3 is 2.49 bits per heavy atom. The number of rotatable bonds is 8. The van der Waals surface area contributed by atoms with Crippen molar-refractivity contribution in [1.82, 2.24) is 15.0 Å². The third kappa shape index (κ3) is 5.19. The van der Waals surface area contributed by atoms with Gasteiger partial charge in [0, 0.05) is 5.02 Å². The van der Waals surface area contributed by atoms with Crippen LogP contribution in [-0.2, 0) is 6.58 Å². The molecule has 1 N–H and O–H groups in total. The predicted octanol–water partition coefficient (Wildman–Crippen LogP) is 7.90. The lowest BCUT2D eigenvalue weighted by Crippen LogP contribution is -2.09. The third-order valence-corrected chi connectivity index (χ3v) is 7.40. The summed E-state index contributed by atoms with van der Waals surface area (Å²) in [5.41, 5.74) is 3.69. The number of nitrogens with zero attached hydrogens (tertiary/aromatic N) is 3. The van der Waals surface area contributed by atoms with Gasteiger partial charge in [-0.1, -0.05) is 78.1 Å². The van der Waals surface area contributed by atoms with Gasteiger partial charge in [0.05, 0.1) is 22.7 Å². The number of aromatic nitrogens is 3. The summed E-state index contributed by atoms with van der Waals surface area (Å²) in [6.45, 7) is 2.75. The zero-order valence-electron chi connectivity index (χ0n) is 21.0. The maximum absolute atomic E-state index is 11.3. The Morgan fingerprint density at radius 2 is 1.81 bits per heavy atom. The molecule has 0 saturated heterocycles. The van der Waals surface area contributed by atoms with Gasteiger partial charge in [0.25, 0.3) is 0 Å². The highest BCUT2D eigenvalue weighted by Crippen LogP contribution is 2.56. The number of hydrogen-bond acceptors (Lipinski definition) is 4. The van der Waals surface area contributed by atoms with Gasteiger partial charge in [-0.3, -0.25) is 0 Å². The lowest BCUT2D eigenvalue weighted by molar-refractivity contribution is 0.0696. The summed E-state index contributed by atoms with van der Waals surface area (Å²) in [6, 6.07) is 17.5. The first-order chi connectivity index (χ1) is 18.2. The van der Waals surface area contributed by atoms with E-state index in [-0.39, 0.29) is 23.3 Å². The Kier molecular flexibility index (Phi) is 6.80. The molecule has 190 valence electrons. The molecule has 3 unspecified atom stereocenters. The van der Waals surface area contributed by atoms with Gasteiger partial charge in [-0.25, -0.2) is 9.48 Å². The van der Waals surface area contributed by atoms with Crippen molar-refractivity contribution < 1.29 is 16.0 Å². The molecule has 6 nitrogen and oxygen atoms in total. The number of halogens is 3. The molecule has 1 heterocycles. The second-order valence-corrected chi connectivity index (χ2v) is 10.5. The summed E-state index contributed by atoms with van der Waals surface area (Å²) in [5, 5.41) is 19.1. The highest BCUT2D eigenvalue weighted by Gasteiger charge is 2.40. The zero-order chi connectivity index (χ0) is 27.1. The lowest BCUT2D eigenvalue weighted by atomic mass is 10.0. The van der Waals surface area contributed by atoms with Crippen LogP contribution in [-0.4, -0.2) is 26.1 Å². The van der Waals surface area contributed by atoms with Gasteiger partial charge in [-0.05, 0) is 71.7 Å². The Hall–Kier alpha value is -3.06. The van der Waals surface area contributed by atoms with Gasteiger partial charge in [-0.15, -0.1) is 5.10 Å². The smallest absolute Gasteiger partial charge is 0.335 e. The SMILES string of the molecule is [2H]C(Oc1ccc(C2CC2c2cccc(C(=O)O)c2)c(Cl)c1)c1c(C(C)C)nnn1-c1c(Cl)cccc1Cl. The number of benzene rings is 3. The van der Waals surface area contributed by atoms with Crippen molar-refractivity contribution in [2.75, 3.05) is 0 Å². The maximum Gasteiger partial charge on any atom is 0.335 e. The fraction of sp³-hybridized carbons (Fsp3) is 0.250. The molecule has 1 aromatic heterocycles. The molecule has 0 bridgehead atoms. The van der Waals surface area contributed by atoms with Crippen LogP contribution in [0.1, 0.15) is 72.3 Å². The van der Waals surface area contributed by atoms with Crippen molar-refractivity contribution in [3.05, 3.63) is 104 Å². The summed E-state index contributed by atoms with van der Waals surface area (Å²) >= 11 is 19.5. The van der Waals surface area contributed by atoms with Gasteiger partial charge >= 0.3 is 5.97 Å². The normalized spacial score (nSPS) is 17.9. The molecule has 0 spiro atoms. The fourth-order valence-electron chi connectivity index (χ4n) is 4.49. The molecule has 1 saturated carbocycles. The van der Waals surface area contributed by atoms with Crippen LogP contribution in [0.25, 0.3) is 5.69 Å². The molecular weight excluding hydrogens is 533 g/mol. The van der Waals surface area contributed by atoms with Crippen LogP contribution in [0.5, 0.6) is 5.75 Å². The molecule has 1 aliphatic rings. The monoisotopic (exact) mass is 556 g/mol. The summed E-state index contributed by atoms with van der Waals surface area (Å²) in [6.07, 6.45) is 0.880. The van der Waals surface area contributed by atoms with Crippen molar-refractivity contribution in [2.45, 2.75) is 44.6 Å². The van der Waals surface area contributed by atoms with E-state index in [2.05, 4.69) is 10.3 Å². The molecule has 0 amide bonds. The van der Waals surface area contributed by atoms with Crippen molar-refractivity contribution >= 4 is 40.8 Å². The van der Waals surface area contributed by atoms with Crippen molar-refractivity contribution in [3.63, 3.8) is 0 Å². The molecule has 1 fully saturated rings. The first-order valence-corrected chi connectivity index (χ1v) is 12.9. The van der Waals surface area contributed by atoms with Crippen LogP contribution in [0.2, 0.25) is 15.1 Å². The number of ether oxygens (including phenoxy) is 1. The van der Waals surface area contributed by atoms with Gasteiger partial charge in [0.2, 0.25) is 0 Å². The standard InChI is InChI=1S/C28H24Cl3N3O3/c1-15(2)26-25(34(33-32-26)27-22(29)7-4-8-23(27)30)14-37-18-9-10-19(24(31)12-18)21-13-20(21)16-5-3-6-17(11-16)28(35)36/h3-12,15,20-21H,13-14H2,1-2H3,(H,35,36)/i14D. The van der Waals surface area contributed by atoms with Crippen LogP contribution in [0.15, 0.2) is 60.7 Å². The molecular formula is C28H24Cl3N3O3. The summed E-state index contributed by atoms with van der Waals surface area (Å²) in [7, 11) is 0. The van der Waals surface area contributed by atoms with Crippen LogP contribution >= 0.6 is 34.8 Å². The molecule has 9 heteroatoms. The van der Waals surface area contributed by atoms with Crippen molar-refractivity contribution in [2.24, 2.45) is 0 Å². The lowest BCUT2D eigenvalue weighted by Gasteiger charge is -2.14. The second kappa shape index (κ2) is 10.4. The largest absolute Gasteiger partial charge is 0.487 e. The van der Waals surface area contributed by atoms with E-state index in [1.807, 2.05) is 26.0 Å². The molecule has 37 heavy (non-hydrogen) atoms. The molecule has 3 atom stereocenters. The summed E-state index contributed by atoms with van der Waals surface area (Å²) < 4.78 is 16.3. The highest BCUT2D eigenvalue weighted by molar-refractivity contribution is 6.37. The number of para-hydroxylation sites is 1. The van der Waals surface area contributed by atoms with E-state index in [9.17, 15) is 9.90 Å². The molecule has 3 aromatic carbocycles. The molecule has 0 radical (unpaired) electrons. The van der Waals surface area contributed by atoms with Gasteiger partial charge in [0.1, 0.15) is 23.7 Å². The number of carbonyl (C=O) groups is 1. The van der Waals surface area contributed by atoms with E-state index >= 15 is 0 Å². The van der Waals surface area contributed by atoms with E-state index in [0.29, 0.717) is 37.9 Å². The van der Waals surface area contributed by atoms with Gasteiger partial charge in [-0.2, -0.15) is 0 Å². The predicted molar refractivity (Wildman–Crippen MR) is 145 cm³/mol. The zero-order valence-corrected chi connectivity index (χ0v) is 22.3. The second-order valence-electron chi connectivity index (χ2n) is 9.30. The summed E-state index contributed by atoms with van der Waals surface area (Å²) in [4.78, 5) is 11.3. The average Bonchev–Trinajstić information content (AvgIpc) is 3.54. The van der Waals surface area contributed by atoms with Crippen LogP contribution in [0.3, 0.4) is 0 Å². The first kappa shape index (κ1) is 24.3. The minimum Gasteiger partial charge on any atom is -0.487 e. The van der Waals surface area contributed by atoms with Crippen LogP contribution in [0.4, 0.5) is 0 Å². The molecule has 0 aliphatic heterocycles. The van der Waals surface area contributed by atoms with Gasteiger partial charge in [0.15, 0.2) is 0 Å². The molecule has 4 aromatic rings. The van der Waals surface area contributed by atoms with E-state index in [0.717, 1.165) is 17.5 Å².